The van der Waals surface area contributed by atoms with Gasteiger partial charge in [0.05, 0.1) is 0 Å². The molecule has 0 aliphatic rings. The zero-order valence-electron chi connectivity index (χ0n) is 11.1. The van der Waals surface area contributed by atoms with Gasteiger partial charge in [0.25, 0.3) is 0 Å². The Morgan fingerprint density at radius 1 is 1.17 bits per heavy atom. The van der Waals surface area contributed by atoms with Gasteiger partial charge in [-0.05, 0) is 50.1 Å². The number of nitrogens with two attached hydrogens (primary N) is 1. The maximum Gasteiger partial charge on any atom is 0.0295 e. The van der Waals surface area contributed by atoms with Crippen molar-refractivity contribution in [3.05, 3.63) is 57.3 Å². The number of thiophene rings is 1. The zero-order chi connectivity index (χ0) is 13.0. The summed E-state index contributed by atoms with van der Waals surface area (Å²) in [6.07, 6.45) is 3.37. The van der Waals surface area contributed by atoms with Gasteiger partial charge in [-0.15, -0.1) is 11.3 Å². The van der Waals surface area contributed by atoms with Gasteiger partial charge in [-0.2, -0.15) is 0 Å². The third kappa shape index (κ3) is 3.69. The van der Waals surface area contributed by atoms with Gasteiger partial charge in [-0.25, -0.2) is 0 Å². The van der Waals surface area contributed by atoms with Gasteiger partial charge in [-0.3, -0.25) is 0 Å². The van der Waals surface area contributed by atoms with Crippen LogP contribution in [0.5, 0.6) is 0 Å². The molecular formula is C16H21NS. The first-order valence-corrected chi connectivity index (χ1v) is 7.39. The Morgan fingerprint density at radius 2 is 1.89 bits per heavy atom. The monoisotopic (exact) mass is 259 g/mol. The van der Waals surface area contributed by atoms with Crippen molar-refractivity contribution in [2.75, 3.05) is 0 Å². The third-order valence-corrected chi connectivity index (χ3v) is 4.13. The summed E-state index contributed by atoms with van der Waals surface area (Å²) in [5.41, 5.74) is 10.2. The number of hydrogen-bond donors (Lipinski definition) is 1. The van der Waals surface area contributed by atoms with E-state index in [2.05, 4.69) is 49.6 Å². The van der Waals surface area contributed by atoms with E-state index in [0.29, 0.717) is 0 Å². The summed E-state index contributed by atoms with van der Waals surface area (Å²) in [4.78, 5) is 1.46. The molecule has 0 saturated carbocycles. The summed E-state index contributed by atoms with van der Waals surface area (Å²) in [5, 5.41) is 2.14. The van der Waals surface area contributed by atoms with Crippen molar-refractivity contribution in [3.8, 4) is 0 Å². The first-order chi connectivity index (χ1) is 8.65. The highest BCUT2D eigenvalue weighted by Gasteiger charge is 2.07. The van der Waals surface area contributed by atoms with Crippen LogP contribution in [0.2, 0.25) is 0 Å². The maximum absolute atomic E-state index is 6.28. The van der Waals surface area contributed by atoms with Crippen LogP contribution in [-0.2, 0) is 6.42 Å². The quantitative estimate of drug-likeness (QED) is 0.847. The van der Waals surface area contributed by atoms with E-state index < -0.39 is 0 Å². The van der Waals surface area contributed by atoms with Crippen LogP contribution >= 0.6 is 11.3 Å². The molecule has 2 N–H and O–H groups in total. The van der Waals surface area contributed by atoms with Crippen molar-refractivity contribution >= 4 is 11.3 Å². The number of hydrogen-bond acceptors (Lipinski definition) is 2. The topological polar surface area (TPSA) is 26.0 Å². The van der Waals surface area contributed by atoms with E-state index in [-0.39, 0.29) is 6.04 Å². The third-order valence-electron chi connectivity index (χ3n) is 3.19. The summed E-state index contributed by atoms with van der Waals surface area (Å²) in [7, 11) is 0. The zero-order valence-corrected chi connectivity index (χ0v) is 12.0. The van der Waals surface area contributed by atoms with Gasteiger partial charge in [0, 0.05) is 10.9 Å². The van der Waals surface area contributed by atoms with E-state index in [1.807, 2.05) is 11.3 Å². The number of rotatable bonds is 5. The van der Waals surface area contributed by atoms with Crippen LogP contribution in [0.25, 0.3) is 0 Å². The Morgan fingerprint density at radius 3 is 2.50 bits per heavy atom. The van der Waals surface area contributed by atoms with Crippen LogP contribution in [0.1, 0.15) is 40.5 Å². The molecule has 0 fully saturated rings. The molecule has 1 nitrogen and oxygen atoms in total. The molecule has 18 heavy (non-hydrogen) atoms. The summed E-state index contributed by atoms with van der Waals surface area (Å²) in [5.74, 6) is 0. The fraction of sp³-hybridized carbons (Fsp3) is 0.375. The summed E-state index contributed by atoms with van der Waals surface area (Å²) in [6.45, 7) is 4.27. The molecule has 2 aromatic rings. The molecule has 0 saturated heterocycles. The molecule has 1 unspecified atom stereocenters. The molecule has 0 aliphatic carbocycles. The minimum Gasteiger partial charge on any atom is -0.324 e. The predicted molar refractivity (Wildman–Crippen MR) is 80.1 cm³/mol. The Hall–Kier alpha value is -1.12. The minimum atomic E-state index is 0.170. The Balaban J connectivity index is 1.89. The smallest absolute Gasteiger partial charge is 0.0295 e. The fourth-order valence-corrected chi connectivity index (χ4v) is 3.09. The van der Waals surface area contributed by atoms with Gasteiger partial charge in [-0.1, -0.05) is 35.4 Å². The van der Waals surface area contributed by atoms with Crippen molar-refractivity contribution in [1.82, 2.24) is 0 Å². The van der Waals surface area contributed by atoms with Crippen molar-refractivity contribution < 1.29 is 0 Å². The Bertz CT molecular complexity index is 468. The number of benzene rings is 1. The van der Waals surface area contributed by atoms with E-state index in [0.717, 1.165) is 19.3 Å². The summed E-state index contributed by atoms with van der Waals surface area (Å²) < 4.78 is 0. The van der Waals surface area contributed by atoms with Crippen LogP contribution in [0.4, 0.5) is 0 Å². The number of aryl methyl sites for hydroxylation is 3. The Kier molecular flexibility index (Phi) is 4.56. The minimum absolute atomic E-state index is 0.170. The molecule has 1 aromatic heterocycles. The van der Waals surface area contributed by atoms with Gasteiger partial charge in [0.15, 0.2) is 0 Å². The van der Waals surface area contributed by atoms with E-state index in [1.54, 1.807) is 0 Å². The average Bonchev–Trinajstić information content (AvgIpc) is 2.80. The van der Waals surface area contributed by atoms with Crippen molar-refractivity contribution in [1.29, 1.82) is 0 Å². The van der Waals surface area contributed by atoms with E-state index in [4.69, 9.17) is 5.73 Å². The molecule has 0 aliphatic heterocycles. The fourth-order valence-electron chi connectivity index (χ4n) is 2.34. The van der Waals surface area contributed by atoms with E-state index >= 15 is 0 Å². The molecule has 2 rings (SSSR count). The molecule has 0 bridgehead atoms. The highest BCUT2D eigenvalue weighted by molar-refractivity contribution is 7.09. The lowest BCUT2D eigenvalue weighted by molar-refractivity contribution is 0.613. The lowest BCUT2D eigenvalue weighted by atomic mass is 9.98. The second kappa shape index (κ2) is 6.17. The highest BCUT2D eigenvalue weighted by Crippen LogP contribution is 2.21. The Labute approximate surface area is 114 Å². The lowest BCUT2D eigenvalue weighted by Crippen LogP contribution is -2.11. The van der Waals surface area contributed by atoms with Crippen molar-refractivity contribution in [2.45, 2.75) is 39.2 Å². The van der Waals surface area contributed by atoms with Crippen LogP contribution < -0.4 is 5.73 Å². The van der Waals surface area contributed by atoms with Crippen LogP contribution in [-0.4, -0.2) is 0 Å². The summed E-state index contributed by atoms with van der Waals surface area (Å²) in [6, 6.07) is 11.1. The molecular weight excluding hydrogens is 238 g/mol. The van der Waals surface area contributed by atoms with Gasteiger partial charge in [0.2, 0.25) is 0 Å². The summed E-state index contributed by atoms with van der Waals surface area (Å²) >= 11 is 1.83. The molecule has 0 amide bonds. The second-order valence-electron chi connectivity index (χ2n) is 5.00. The van der Waals surface area contributed by atoms with Crippen LogP contribution in [0.15, 0.2) is 35.7 Å². The highest BCUT2D eigenvalue weighted by atomic mass is 32.1. The first-order valence-electron chi connectivity index (χ1n) is 6.51. The SMILES string of the molecule is Cc1cc(C)cc(C(N)CCCc2cccs2)c1. The standard InChI is InChI=1S/C16H21NS/c1-12-9-13(2)11-14(10-12)16(17)7-3-5-15-6-4-8-18-15/h4,6,8-11,16H,3,5,7,17H2,1-2H3. The maximum atomic E-state index is 6.28. The van der Waals surface area contributed by atoms with Gasteiger partial charge in [0.1, 0.15) is 0 Å². The van der Waals surface area contributed by atoms with Crippen molar-refractivity contribution in [3.63, 3.8) is 0 Å². The second-order valence-corrected chi connectivity index (χ2v) is 6.03. The molecule has 0 radical (unpaired) electrons. The van der Waals surface area contributed by atoms with Crippen LogP contribution in [0, 0.1) is 13.8 Å². The first kappa shape index (κ1) is 13.3. The molecule has 96 valence electrons. The van der Waals surface area contributed by atoms with Gasteiger partial charge >= 0.3 is 0 Å². The van der Waals surface area contributed by atoms with Gasteiger partial charge < -0.3 is 5.73 Å². The molecule has 1 aromatic carbocycles. The average molecular weight is 259 g/mol. The normalized spacial score (nSPS) is 12.6. The van der Waals surface area contributed by atoms with E-state index in [9.17, 15) is 0 Å². The largest absolute Gasteiger partial charge is 0.324 e. The molecule has 1 atom stereocenters. The molecule has 2 heteroatoms. The van der Waals surface area contributed by atoms with E-state index in [1.165, 1.54) is 21.6 Å². The molecule has 0 spiro atoms. The molecule has 1 heterocycles. The lowest BCUT2D eigenvalue weighted by Gasteiger charge is -2.13. The van der Waals surface area contributed by atoms with Crippen molar-refractivity contribution in [2.24, 2.45) is 5.73 Å². The van der Waals surface area contributed by atoms with Crippen LogP contribution in [0.3, 0.4) is 0 Å². The predicted octanol–water partition coefficient (Wildman–Crippen LogP) is 4.39.